The molecule has 0 saturated heterocycles. The Kier molecular flexibility index (Phi) is 4.05. The van der Waals surface area contributed by atoms with E-state index in [1.807, 2.05) is 20.8 Å². The minimum atomic E-state index is -0.453. The van der Waals surface area contributed by atoms with Gasteiger partial charge in [-0.3, -0.25) is 4.79 Å². The fraction of sp³-hybridized carbons (Fsp3) is 0.357. The summed E-state index contributed by atoms with van der Waals surface area (Å²) < 4.78 is 18.4. The quantitative estimate of drug-likeness (QED) is 0.751. The zero-order valence-electron chi connectivity index (χ0n) is 10.6. The molecule has 0 atom stereocenters. The molecule has 0 radical (unpaired) electrons. The molecule has 1 rings (SSSR count). The lowest BCUT2D eigenvalue weighted by atomic mass is 9.90. The number of hydrogen-bond acceptors (Lipinski definition) is 2. The third-order valence-corrected chi connectivity index (χ3v) is 2.36. The predicted octanol–water partition coefficient (Wildman–Crippen LogP) is 3.46. The maximum atomic E-state index is 13.4. The topological polar surface area (TPSA) is 26.3 Å². The number of carbonyl (C=O) groups is 1. The van der Waals surface area contributed by atoms with Crippen molar-refractivity contribution in [3.63, 3.8) is 0 Å². The lowest BCUT2D eigenvalue weighted by Crippen LogP contribution is -2.17. The predicted molar refractivity (Wildman–Crippen MR) is 66.4 cm³/mol. The molecule has 3 heteroatoms. The van der Waals surface area contributed by atoms with E-state index >= 15 is 0 Å². The van der Waals surface area contributed by atoms with Crippen molar-refractivity contribution in [2.75, 3.05) is 7.11 Å². The van der Waals surface area contributed by atoms with Gasteiger partial charge >= 0.3 is 0 Å². The van der Waals surface area contributed by atoms with Gasteiger partial charge in [0.05, 0.1) is 7.11 Å². The first-order valence-electron chi connectivity index (χ1n) is 5.40. The van der Waals surface area contributed by atoms with E-state index in [0.717, 1.165) is 0 Å². The highest BCUT2D eigenvalue weighted by atomic mass is 19.1. The molecule has 92 valence electrons. The maximum absolute atomic E-state index is 13.4. The van der Waals surface area contributed by atoms with E-state index in [2.05, 4.69) is 0 Å². The number of ketones is 1. The van der Waals surface area contributed by atoms with Gasteiger partial charge in [-0.05, 0) is 30.4 Å². The third kappa shape index (κ3) is 3.70. The summed E-state index contributed by atoms with van der Waals surface area (Å²) in [7, 11) is 1.51. The van der Waals surface area contributed by atoms with Crippen LogP contribution >= 0.6 is 0 Å². The van der Waals surface area contributed by atoms with Crippen molar-refractivity contribution < 1.29 is 13.9 Å². The largest absolute Gasteiger partial charge is 0.497 e. The average molecular weight is 236 g/mol. The first-order valence-corrected chi connectivity index (χ1v) is 5.40. The molecule has 17 heavy (non-hydrogen) atoms. The van der Waals surface area contributed by atoms with Crippen LogP contribution in [0.2, 0.25) is 0 Å². The van der Waals surface area contributed by atoms with Crippen molar-refractivity contribution in [2.45, 2.75) is 20.8 Å². The Hall–Kier alpha value is -1.64. The Morgan fingerprint density at radius 2 is 2.00 bits per heavy atom. The third-order valence-electron chi connectivity index (χ3n) is 2.36. The number of halogens is 1. The zero-order valence-corrected chi connectivity index (χ0v) is 10.6. The fourth-order valence-electron chi connectivity index (χ4n) is 1.19. The highest BCUT2D eigenvalue weighted by Crippen LogP contribution is 2.20. The Balaban J connectivity index is 2.95. The molecule has 0 bridgehead atoms. The van der Waals surface area contributed by atoms with Crippen LogP contribution in [-0.4, -0.2) is 12.9 Å². The first-order chi connectivity index (χ1) is 7.84. The van der Waals surface area contributed by atoms with Gasteiger partial charge in [-0.1, -0.05) is 20.8 Å². The van der Waals surface area contributed by atoms with E-state index in [4.69, 9.17) is 4.74 Å². The molecule has 1 aromatic carbocycles. The van der Waals surface area contributed by atoms with E-state index in [-0.39, 0.29) is 11.6 Å². The molecular weight excluding hydrogens is 219 g/mol. The lowest BCUT2D eigenvalue weighted by molar-refractivity contribution is -0.121. The summed E-state index contributed by atoms with van der Waals surface area (Å²) in [6.45, 7) is 5.46. The van der Waals surface area contributed by atoms with Gasteiger partial charge in [0.15, 0.2) is 5.78 Å². The van der Waals surface area contributed by atoms with Gasteiger partial charge in [0.25, 0.3) is 0 Å². The van der Waals surface area contributed by atoms with Crippen molar-refractivity contribution >= 4 is 11.9 Å². The number of carbonyl (C=O) groups excluding carboxylic acids is 1. The van der Waals surface area contributed by atoms with Crippen LogP contribution in [0.3, 0.4) is 0 Å². The number of ether oxygens (including phenoxy) is 1. The molecule has 0 aliphatic heterocycles. The van der Waals surface area contributed by atoms with Crippen molar-refractivity contribution in [1.29, 1.82) is 0 Å². The van der Waals surface area contributed by atoms with E-state index in [1.165, 1.54) is 31.4 Å². The van der Waals surface area contributed by atoms with Crippen molar-refractivity contribution in [3.8, 4) is 5.75 Å². The minimum Gasteiger partial charge on any atom is -0.497 e. The van der Waals surface area contributed by atoms with Crippen LogP contribution in [0.25, 0.3) is 6.08 Å². The molecule has 0 heterocycles. The number of benzene rings is 1. The number of hydrogen-bond donors (Lipinski definition) is 0. The molecule has 0 saturated carbocycles. The molecule has 2 nitrogen and oxygen atoms in total. The van der Waals surface area contributed by atoms with Gasteiger partial charge in [0, 0.05) is 11.0 Å². The van der Waals surface area contributed by atoms with Crippen molar-refractivity contribution in [1.82, 2.24) is 0 Å². The van der Waals surface area contributed by atoms with Gasteiger partial charge in [-0.25, -0.2) is 4.39 Å². The van der Waals surface area contributed by atoms with E-state index < -0.39 is 5.41 Å². The monoisotopic (exact) mass is 236 g/mol. The van der Waals surface area contributed by atoms with Gasteiger partial charge in [0.2, 0.25) is 0 Å². The van der Waals surface area contributed by atoms with E-state index in [9.17, 15) is 9.18 Å². The van der Waals surface area contributed by atoms with Gasteiger partial charge < -0.3 is 4.74 Å². The van der Waals surface area contributed by atoms with Crippen LogP contribution in [0.15, 0.2) is 24.3 Å². The molecule has 0 N–H and O–H groups in total. The SMILES string of the molecule is COc1ccc(F)c(C=CC(=O)C(C)(C)C)c1. The molecule has 0 amide bonds. The molecule has 0 aliphatic carbocycles. The van der Waals surface area contributed by atoms with Crippen LogP contribution in [0, 0.1) is 11.2 Å². The zero-order chi connectivity index (χ0) is 13.1. The summed E-state index contributed by atoms with van der Waals surface area (Å²) in [5.74, 6) is 0.151. The van der Waals surface area contributed by atoms with Gasteiger partial charge in [0.1, 0.15) is 11.6 Å². The molecule has 0 aliphatic rings. The molecule has 0 spiro atoms. The molecule has 0 fully saturated rings. The number of rotatable bonds is 3. The molecule has 1 aromatic rings. The van der Waals surface area contributed by atoms with Crippen LogP contribution < -0.4 is 4.74 Å². The number of allylic oxidation sites excluding steroid dienone is 1. The van der Waals surface area contributed by atoms with Crippen molar-refractivity contribution in [2.24, 2.45) is 5.41 Å². The second-order valence-electron chi connectivity index (χ2n) is 4.84. The smallest absolute Gasteiger partial charge is 0.161 e. The molecule has 0 unspecified atom stereocenters. The van der Waals surface area contributed by atoms with Gasteiger partial charge in [-0.2, -0.15) is 0 Å². The Bertz CT molecular complexity index is 442. The summed E-state index contributed by atoms with van der Waals surface area (Å²) in [5.41, 5.74) is -0.104. The van der Waals surface area contributed by atoms with Crippen LogP contribution in [-0.2, 0) is 4.79 Å². The van der Waals surface area contributed by atoms with E-state index in [1.54, 1.807) is 6.07 Å². The Morgan fingerprint density at radius 3 is 2.53 bits per heavy atom. The summed E-state index contributed by atoms with van der Waals surface area (Å²) >= 11 is 0. The van der Waals surface area contributed by atoms with Crippen LogP contribution in [0.4, 0.5) is 4.39 Å². The second kappa shape index (κ2) is 5.13. The Morgan fingerprint density at radius 1 is 1.35 bits per heavy atom. The van der Waals surface area contributed by atoms with E-state index in [0.29, 0.717) is 11.3 Å². The Labute approximate surface area is 101 Å². The first kappa shape index (κ1) is 13.4. The van der Waals surface area contributed by atoms with Gasteiger partial charge in [-0.15, -0.1) is 0 Å². The summed E-state index contributed by atoms with van der Waals surface area (Å²) in [6, 6.07) is 4.42. The fourth-order valence-corrected chi connectivity index (χ4v) is 1.19. The highest BCUT2D eigenvalue weighted by molar-refractivity contribution is 5.97. The van der Waals surface area contributed by atoms with Crippen LogP contribution in [0.5, 0.6) is 5.75 Å². The van der Waals surface area contributed by atoms with Crippen LogP contribution in [0.1, 0.15) is 26.3 Å². The number of methoxy groups -OCH3 is 1. The summed E-state index contributed by atoms with van der Waals surface area (Å²) in [6.07, 6.45) is 2.88. The second-order valence-corrected chi connectivity index (χ2v) is 4.84. The highest BCUT2D eigenvalue weighted by Gasteiger charge is 2.18. The standard InChI is InChI=1S/C14H17FO2/c1-14(2,3)13(16)8-5-10-9-11(17-4)6-7-12(10)15/h5-9H,1-4H3. The normalized spacial score (nSPS) is 11.8. The molecular formula is C14H17FO2. The average Bonchev–Trinajstić information content (AvgIpc) is 2.26. The maximum Gasteiger partial charge on any atom is 0.161 e. The summed E-state index contributed by atoms with van der Waals surface area (Å²) in [4.78, 5) is 11.7. The molecule has 0 aromatic heterocycles. The van der Waals surface area contributed by atoms with Crippen molar-refractivity contribution in [3.05, 3.63) is 35.7 Å². The summed E-state index contributed by atoms with van der Waals surface area (Å²) in [5, 5.41) is 0. The lowest BCUT2D eigenvalue weighted by Gasteiger charge is -2.13. The minimum absolute atomic E-state index is 0.0419.